The Morgan fingerprint density at radius 2 is 1.85 bits per heavy atom. The van der Waals surface area contributed by atoms with Gasteiger partial charge in [0.2, 0.25) is 0 Å². The first-order chi connectivity index (χ1) is 12.3. The molecule has 0 aliphatic carbocycles. The number of nitro groups is 1. The first-order valence-electron chi connectivity index (χ1n) is 7.68. The third-order valence-electron chi connectivity index (χ3n) is 3.74. The molecule has 0 aliphatic rings. The van der Waals surface area contributed by atoms with Crippen molar-refractivity contribution in [1.29, 1.82) is 0 Å². The van der Waals surface area contributed by atoms with E-state index in [1.165, 1.54) is 19.2 Å². The molecule has 0 saturated heterocycles. The van der Waals surface area contributed by atoms with Gasteiger partial charge in [-0.05, 0) is 49.2 Å². The average molecular weight is 358 g/mol. The molecule has 0 aliphatic heterocycles. The number of anilines is 1. The second-order valence-electron chi connectivity index (χ2n) is 5.57. The van der Waals surface area contributed by atoms with E-state index in [4.69, 9.17) is 9.47 Å². The van der Waals surface area contributed by atoms with Crippen LogP contribution in [-0.4, -0.2) is 30.5 Å². The molecule has 26 heavy (non-hydrogen) atoms. The van der Waals surface area contributed by atoms with Gasteiger partial charge in [0.1, 0.15) is 0 Å². The molecular formula is C18H18N2O6. The highest BCUT2D eigenvalue weighted by Gasteiger charge is 2.19. The molecule has 8 nitrogen and oxygen atoms in total. The van der Waals surface area contributed by atoms with Crippen LogP contribution in [0.3, 0.4) is 0 Å². The van der Waals surface area contributed by atoms with Crippen LogP contribution in [0, 0.1) is 24.0 Å². The third-order valence-corrected chi connectivity index (χ3v) is 3.74. The maximum absolute atomic E-state index is 12.0. The zero-order valence-corrected chi connectivity index (χ0v) is 14.6. The topological polar surface area (TPSA) is 108 Å². The van der Waals surface area contributed by atoms with Crippen LogP contribution in [0.5, 0.6) is 5.75 Å². The van der Waals surface area contributed by atoms with Gasteiger partial charge in [-0.1, -0.05) is 6.07 Å². The molecule has 2 aromatic rings. The lowest BCUT2D eigenvalue weighted by Gasteiger charge is -2.09. The number of hydrogen-bond acceptors (Lipinski definition) is 6. The van der Waals surface area contributed by atoms with E-state index in [1.54, 1.807) is 6.07 Å². The van der Waals surface area contributed by atoms with Gasteiger partial charge in [0.15, 0.2) is 12.4 Å². The molecule has 0 fully saturated rings. The van der Waals surface area contributed by atoms with Gasteiger partial charge < -0.3 is 14.8 Å². The van der Waals surface area contributed by atoms with Gasteiger partial charge >= 0.3 is 11.7 Å². The molecule has 8 heteroatoms. The van der Waals surface area contributed by atoms with Crippen molar-refractivity contribution >= 4 is 23.3 Å². The summed E-state index contributed by atoms with van der Waals surface area (Å²) in [7, 11) is 1.29. The monoisotopic (exact) mass is 358 g/mol. The second kappa shape index (κ2) is 8.11. The quantitative estimate of drug-likeness (QED) is 0.483. The standard InChI is InChI=1S/C18H18N2O6/c1-11-4-6-14(8-12(11)2)19-17(21)10-26-18(22)13-5-7-16(25-3)15(9-13)20(23)24/h4-9H,10H2,1-3H3,(H,19,21). The van der Waals surface area contributed by atoms with Crippen molar-refractivity contribution in [2.75, 3.05) is 19.0 Å². The average Bonchev–Trinajstić information content (AvgIpc) is 2.62. The minimum atomic E-state index is -0.842. The van der Waals surface area contributed by atoms with Crippen LogP contribution in [-0.2, 0) is 9.53 Å². The van der Waals surface area contributed by atoms with Crippen LogP contribution in [0.25, 0.3) is 0 Å². The van der Waals surface area contributed by atoms with Crippen molar-refractivity contribution in [3.8, 4) is 5.75 Å². The van der Waals surface area contributed by atoms with E-state index in [2.05, 4.69) is 5.32 Å². The lowest BCUT2D eigenvalue weighted by Crippen LogP contribution is -2.21. The number of hydrogen-bond donors (Lipinski definition) is 1. The SMILES string of the molecule is COc1ccc(C(=O)OCC(=O)Nc2ccc(C)c(C)c2)cc1[N+](=O)[O-]. The highest BCUT2D eigenvalue weighted by molar-refractivity contribution is 5.96. The van der Waals surface area contributed by atoms with Gasteiger partial charge in [-0.2, -0.15) is 0 Å². The van der Waals surface area contributed by atoms with Crippen molar-refractivity contribution < 1.29 is 24.0 Å². The number of methoxy groups -OCH3 is 1. The summed E-state index contributed by atoms with van der Waals surface area (Å²) in [4.78, 5) is 34.2. The van der Waals surface area contributed by atoms with Crippen LogP contribution in [0.15, 0.2) is 36.4 Å². The molecule has 0 saturated carbocycles. The number of nitro benzene ring substituents is 1. The van der Waals surface area contributed by atoms with Gasteiger partial charge in [0.25, 0.3) is 5.91 Å². The molecule has 1 amide bonds. The maximum Gasteiger partial charge on any atom is 0.338 e. The number of nitrogens with one attached hydrogen (secondary N) is 1. The van der Waals surface area contributed by atoms with Crippen LogP contribution in [0.1, 0.15) is 21.5 Å². The van der Waals surface area contributed by atoms with E-state index in [9.17, 15) is 19.7 Å². The minimum Gasteiger partial charge on any atom is -0.490 e. The molecule has 0 bridgehead atoms. The van der Waals surface area contributed by atoms with Crippen molar-refractivity contribution in [3.63, 3.8) is 0 Å². The number of esters is 1. The normalized spacial score (nSPS) is 10.1. The molecule has 0 spiro atoms. The number of nitrogens with zero attached hydrogens (tertiary/aromatic N) is 1. The zero-order valence-electron chi connectivity index (χ0n) is 14.6. The molecule has 2 aromatic carbocycles. The van der Waals surface area contributed by atoms with E-state index in [1.807, 2.05) is 26.0 Å². The predicted octanol–water partition coefficient (Wildman–Crippen LogP) is 3.02. The second-order valence-corrected chi connectivity index (χ2v) is 5.57. The Morgan fingerprint density at radius 3 is 2.46 bits per heavy atom. The van der Waals surface area contributed by atoms with E-state index in [0.29, 0.717) is 5.69 Å². The summed E-state index contributed by atoms with van der Waals surface area (Å²) in [6.07, 6.45) is 0. The number of carbonyl (C=O) groups excluding carboxylic acids is 2. The Labute approximate surface area is 149 Å². The molecule has 0 aromatic heterocycles. The first kappa shape index (κ1) is 18.9. The fourth-order valence-electron chi connectivity index (χ4n) is 2.19. The summed E-state index contributed by atoms with van der Waals surface area (Å²) in [6, 6.07) is 9.09. The fraction of sp³-hybridized carbons (Fsp3) is 0.222. The largest absolute Gasteiger partial charge is 0.490 e. The highest BCUT2D eigenvalue weighted by Crippen LogP contribution is 2.27. The van der Waals surface area contributed by atoms with Crippen LogP contribution in [0.4, 0.5) is 11.4 Å². The Kier molecular flexibility index (Phi) is 5.90. The predicted molar refractivity (Wildman–Crippen MR) is 94.5 cm³/mol. The van der Waals surface area contributed by atoms with Crippen LogP contribution in [0.2, 0.25) is 0 Å². The van der Waals surface area contributed by atoms with Gasteiger partial charge in [0, 0.05) is 11.8 Å². The molecule has 0 atom stereocenters. The molecule has 0 unspecified atom stereocenters. The Morgan fingerprint density at radius 1 is 1.12 bits per heavy atom. The third kappa shape index (κ3) is 4.56. The van der Waals surface area contributed by atoms with Crippen molar-refractivity contribution in [3.05, 3.63) is 63.2 Å². The lowest BCUT2D eigenvalue weighted by atomic mass is 10.1. The molecular weight excluding hydrogens is 340 g/mol. The summed E-state index contributed by atoms with van der Waals surface area (Å²) >= 11 is 0. The van der Waals surface area contributed by atoms with Crippen LogP contribution >= 0.6 is 0 Å². The van der Waals surface area contributed by atoms with Gasteiger partial charge in [-0.3, -0.25) is 14.9 Å². The summed E-state index contributed by atoms with van der Waals surface area (Å²) in [5, 5.41) is 13.6. The summed E-state index contributed by atoms with van der Waals surface area (Å²) in [5.41, 5.74) is 2.30. The van der Waals surface area contributed by atoms with Gasteiger partial charge in [-0.15, -0.1) is 0 Å². The van der Waals surface area contributed by atoms with Crippen molar-refractivity contribution in [2.24, 2.45) is 0 Å². The van der Waals surface area contributed by atoms with Gasteiger partial charge in [0.05, 0.1) is 17.6 Å². The smallest absolute Gasteiger partial charge is 0.338 e. The Bertz CT molecular complexity index is 863. The zero-order chi connectivity index (χ0) is 19.3. The summed E-state index contributed by atoms with van der Waals surface area (Å²) in [5.74, 6) is -1.32. The van der Waals surface area contributed by atoms with Crippen molar-refractivity contribution in [1.82, 2.24) is 0 Å². The number of ether oxygens (including phenoxy) is 2. The lowest BCUT2D eigenvalue weighted by molar-refractivity contribution is -0.385. The fourth-order valence-corrected chi connectivity index (χ4v) is 2.19. The molecule has 0 radical (unpaired) electrons. The molecule has 136 valence electrons. The summed E-state index contributed by atoms with van der Waals surface area (Å²) < 4.78 is 9.78. The molecule has 2 rings (SSSR count). The van der Waals surface area contributed by atoms with Crippen LogP contribution < -0.4 is 10.1 Å². The number of rotatable bonds is 6. The Balaban J connectivity index is 1.99. The van der Waals surface area contributed by atoms with E-state index in [0.717, 1.165) is 17.2 Å². The maximum atomic E-state index is 12.0. The minimum absolute atomic E-state index is 0.0269. The van der Waals surface area contributed by atoms with E-state index >= 15 is 0 Å². The van der Waals surface area contributed by atoms with Gasteiger partial charge in [-0.25, -0.2) is 4.79 Å². The van der Waals surface area contributed by atoms with Crippen molar-refractivity contribution in [2.45, 2.75) is 13.8 Å². The highest BCUT2D eigenvalue weighted by atomic mass is 16.6. The van der Waals surface area contributed by atoms with E-state index in [-0.39, 0.29) is 17.0 Å². The number of carbonyl (C=O) groups is 2. The first-order valence-corrected chi connectivity index (χ1v) is 7.68. The van der Waals surface area contributed by atoms with E-state index < -0.39 is 23.4 Å². The number of aryl methyl sites for hydroxylation is 2. The molecule has 0 heterocycles. The molecule has 1 N–H and O–H groups in total. The number of amides is 1. The summed E-state index contributed by atoms with van der Waals surface area (Å²) in [6.45, 7) is 3.37. The number of benzene rings is 2. The Hall–Kier alpha value is -3.42.